The number of aryl methyl sites for hydroxylation is 1. The second kappa shape index (κ2) is 6.02. The number of aromatic nitrogens is 3. The third-order valence-corrected chi connectivity index (χ3v) is 3.73. The van der Waals surface area contributed by atoms with Crippen molar-refractivity contribution < 1.29 is 4.79 Å². The van der Waals surface area contributed by atoms with E-state index in [1.54, 1.807) is 28.9 Å². The van der Waals surface area contributed by atoms with Gasteiger partial charge < -0.3 is 11.5 Å². The lowest BCUT2D eigenvalue weighted by Crippen LogP contribution is -2.11. The molecule has 0 spiro atoms. The van der Waals surface area contributed by atoms with Crippen LogP contribution < -0.4 is 11.5 Å². The number of primary amides is 1. The lowest BCUT2D eigenvalue weighted by molar-refractivity contribution is 0.100. The van der Waals surface area contributed by atoms with Gasteiger partial charge in [-0.15, -0.1) is 5.10 Å². The first-order valence-corrected chi connectivity index (χ1v) is 7.22. The van der Waals surface area contributed by atoms with E-state index in [4.69, 9.17) is 11.5 Å². The Hall–Kier alpha value is -2.99. The minimum Gasteiger partial charge on any atom is -0.366 e. The Morgan fingerprint density at radius 3 is 2.43 bits per heavy atom. The van der Waals surface area contributed by atoms with Crippen LogP contribution >= 0.6 is 0 Å². The van der Waals surface area contributed by atoms with Crippen LogP contribution in [-0.2, 0) is 6.54 Å². The van der Waals surface area contributed by atoms with Gasteiger partial charge in [-0.05, 0) is 36.8 Å². The van der Waals surface area contributed by atoms with E-state index in [2.05, 4.69) is 10.3 Å². The van der Waals surface area contributed by atoms with Gasteiger partial charge in [0.1, 0.15) is 5.69 Å². The monoisotopic (exact) mass is 307 g/mol. The molecule has 1 amide bonds. The maximum atomic E-state index is 11.2. The smallest absolute Gasteiger partial charge is 0.248 e. The molecule has 1 aromatic heterocycles. The van der Waals surface area contributed by atoms with Gasteiger partial charge in [0.25, 0.3) is 0 Å². The van der Waals surface area contributed by atoms with Crippen LogP contribution in [0.4, 0.5) is 0 Å². The second-order valence-corrected chi connectivity index (χ2v) is 5.23. The van der Waals surface area contributed by atoms with Gasteiger partial charge in [-0.1, -0.05) is 29.5 Å². The van der Waals surface area contributed by atoms with Gasteiger partial charge in [0.05, 0.1) is 11.4 Å². The summed E-state index contributed by atoms with van der Waals surface area (Å²) in [6.45, 7) is 2.33. The SMILES string of the molecule is Cc1ccccc1-c1c(CN)nnn1-c1ccc(C(N)=O)cc1. The van der Waals surface area contributed by atoms with Gasteiger partial charge in [0, 0.05) is 17.7 Å². The zero-order valence-corrected chi connectivity index (χ0v) is 12.7. The molecule has 0 aliphatic heterocycles. The topological polar surface area (TPSA) is 99.8 Å². The Kier molecular flexibility index (Phi) is 3.91. The highest BCUT2D eigenvalue weighted by molar-refractivity contribution is 5.92. The summed E-state index contributed by atoms with van der Waals surface area (Å²) in [6.07, 6.45) is 0. The van der Waals surface area contributed by atoms with Gasteiger partial charge >= 0.3 is 0 Å². The van der Waals surface area contributed by atoms with Crippen LogP contribution in [0.15, 0.2) is 48.5 Å². The predicted octanol–water partition coefficient (Wildman–Crippen LogP) is 1.80. The average molecular weight is 307 g/mol. The molecule has 116 valence electrons. The normalized spacial score (nSPS) is 10.7. The van der Waals surface area contributed by atoms with Gasteiger partial charge in [-0.2, -0.15) is 0 Å². The Bertz CT molecular complexity index is 852. The van der Waals surface area contributed by atoms with E-state index in [9.17, 15) is 4.79 Å². The number of carbonyl (C=O) groups is 1. The second-order valence-electron chi connectivity index (χ2n) is 5.23. The predicted molar refractivity (Wildman–Crippen MR) is 87.9 cm³/mol. The van der Waals surface area contributed by atoms with Crippen molar-refractivity contribution in [2.24, 2.45) is 11.5 Å². The zero-order chi connectivity index (χ0) is 16.4. The summed E-state index contributed by atoms with van der Waals surface area (Å²) in [7, 11) is 0. The molecule has 3 aromatic rings. The highest BCUT2D eigenvalue weighted by atomic mass is 16.1. The number of rotatable bonds is 4. The van der Waals surface area contributed by atoms with E-state index in [0.29, 0.717) is 12.1 Å². The van der Waals surface area contributed by atoms with Crippen molar-refractivity contribution in [2.75, 3.05) is 0 Å². The molecule has 0 aliphatic carbocycles. The summed E-state index contributed by atoms with van der Waals surface area (Å²) in [5.41, 5.74) is 16.1. The molecule has 23 heavy (non-hydrogen) atoms. The summed E-state index contributed by atoms with van der Waals surface area (Å²) in [5, 5.41) is 8.40. The highest BCUT2D eigenvalue weighted by Gasteiger charge is 2.16. The van der Waals surface area contributed by atoms with Gasteiger partial charge in [0.2, 0.25) is 5.91 Å². The largest absolute Gasteiger partial charge is 0.366 e. The lowest BCUT2D eigenvalue weighted by atomic mass is 10.0. The van der Waals surface area contributed by atoms with E-state index in [-0.39, 0.29) is 0 Å². The fraction of sp³-hybridized carbons (Fsp3) is 0.118. The minimum atomic E-state index is -0.461. The summed E-state index contributed by atoms with van der Waals surface area (Å²) < 4.78 is 1.73. The van der Waals surface area contributed by atoms with Crippen molar-refractivity contribution in [3.63, 3.8) is 0 Å². The number of benzene rings is 2. The van der Waals surface area contributed by atoms with E-state index < -0.39 is 5.91 Å². The van der Waals surface area contributed by atoms with Crippen LogP contribution in [0.5, 0.6) is 0 Å². The van der Waals surface area contributed by atoms with Gasteiger partial charge in [-0.3, -0.25) is 4.79 Å². The van der Waals surface area contributed by atoms with Crippen LogP contribution in [0.3, 0.4) is 0 Å². The van der Waals surface area contributed by atoms with Crippen LogP contribution in [0, 0.1) is 6.92 Å². The maximum absolute atomic E-state index is 11.2. The number of hydrogen-bond acceptors (Lipinski definition) is 4. The van der Waals surface area contributed by atoms with Crippen molar-refractivity contribution in [3.8, 4) is 16.9 Å². The zero-order valence-electron chi connectivity index (χ0n) is 12.7. The van der Waals surface area contributed by atoms with E-state index in [1.165, 1.54) is 0 Å². The molecule has 1 heterocycles. The van der Waals surface area contributed by atoms with E-state index in [0.717, 1.165) is 28.2 Å². The third-order valence-electron chi connectivity index (χ3n) is 3.73. The summed E-state index contributed by atoms with van der Waals surface area (Å²) in [4.78, 5) is 11.2. The van der Waals surface area contributed by atoms with Crippen LogP contribution in [0.1, 0.15) is 21.6 Å². The molecule has 2 aromatic carbocycles. The molecular formula is C17H17N5O. The molecule has 0 unspecified atom stereocenters. The fourth-order valence-electron chi connectivity index (χ4n) is 2.51. The van der Waals surface area contributed by atoms with Gasteiger partial charge in [0.15, 0.2) is 0 Å². The van der Waals surface area contributed by atoms with Crippen LogP contribution in [0.25, 0.3) is 16.9 Å². The highest BCUT2D eigenvalue weighted by Crippen LogP contribution is 2.27. The molecular weight excluding hydrogens is 290 g/mol. The number of amides is 1. The third kappa shape index (κ3) is 2.72. The maximum Gasteiger partial charge on any atom is 0.248 e. The standard InChI is InChI=1S/C17H17N5O/c1-11-4-2-3-5-14(11)16-15(10-18)20-21-22(16)13-8-6-12(7-9-13)17(19)23/h2-9H,10,18H2,1H3,(H2,19,23). The van der Waals surface area contributed by atoms with Crippen molar-refractivity contribution >= 4 is 5.91 Å². The molecule has 6 heteroatoms. The van der Waals surface area contributed by atoms with Crippen molar-refractivity contribution in [1.82, 2.24) is 15.0 Å². The first-order valence-electron chi connectivity index (χ1n) is 7.22. The molecule has 0 bridgehead atoms. The molecule has 4 N–H and O–H groups in total. The Morgan fingerprint density at radius 2 is 1.83 bits per heavy atom. The number of hydrogen-bond donors (Lipinski definition) is 2. The van der Waals surface area contributed by atoms with Gasteiger partial charge in [-0.25, -0.2) is 4.68 Å². The van der Waals surface area contributed by atoms with Crippen molar-refractivity contribution in [1.29, 1.82) is 0 Å². The molecule has 0 atom stereocenters. The summed E-state index contributed by atoms with van der Waals surface area (Å²) in [5.74, 6) is -0.461. The molecule has 3 rings (SSSR count). The number of nitrogens with zero attached hydrogens (tertiary/aromatic N) is 3. The fourth-order valence-corrected chi connectivity index (χ4v) is 2.51. The van der Waals surface area contributed by atoms with E-state index in [1.807, 2.05) is 31.2 Å². The van der Waals surface area contributed by atoms with E-state index >= 15 is 0 Å². The first kappa shape index (κ1) is 14.9. The minimum absolute atomic E-state index is 0.295. The van der Waals surface area contributed by atoms with Crippen molar-refractivity contribution in [2.45, 2.75) is 13.5 Å². The molecule has 0 saturated heterocycles. The molecule has 0 radical (unpaired) electrons. The summed E-state index contributed by atoms with van der Waals surface area (Å²) >= 11 is 0. The molecule has 0 aliphatic rings. The number of nitrogens with two attached hydrogens (primary N) is 2. The summed E-state index contributed by atoms with van der Waals surface area (Å²) in [6, 6.07) is 14.9. The average Bonchev–Trinajstić information content (AvgIpc) is 2.99. The lowest BCUT2D eigenvalue weighted by Gasteiger charge is -2.10. The quantitative estimate of drug-likeness (QED) is 0.767. The van der Waals surface area contributed by atoms with Crippen molar-refractivity contribution in [3.05, 3.63) is 65.4 Å². The molecule has 0 fully saturated rings. The molecule has 0 saturated carbocycles. The Labute approximate surface area is 133 Å². The Morgan fingerprint density at radius 1 is 1.13 bits per heavy atom. The first-order chi connectivity index (χ1) is 11.1. The molecule has 6 nitrogen and oxygen atoms in total. The van der Waals surface area contributed by atoms with Crippen LogP contribution in [0.2, 0.25) is 0 Å². The Balaban J connectivity index is 2.16. The number of carbonyl (C=O) groups excluding carboxylic acids is 1. The van der Waals surface area contributed by atoms with Crippen LogP contribution in [-0.4, -0.2) is 20.9 Å².